The summed E-state index contributed by atoms with van der Waals surface area (Å²) in [4.78, 5) is 29.2. The van der Waals surface area contributed by atoms with Crippen molar-refractivity contribution in [3.8, 4) is 33.5 Å². The number of halogens is 2. The van der Waals surface area contributed by atoms with Crippen molar-refractivity contribution in [3.05, 3.63) is 119 Å². The molecule has 10 nitrogen and oxygen atoms in total. The van der Waals surface area contributed by atoms with Gasteiger partial charge in [-0.3, -0.25) is 0 Å². The second-order valence-electron chi connectivity index (χ2n) is 15.4. The molecule has 2 aliphatic heterocycles. The van der Waals surface area contributed by atoms with Gasteiger partial charge in [0, 0.05) is 27.0 Å². The van der Waals surface area contributed by atoms with E-state index in [0.717, 1.165) is 50.0 Å². The molecule has 2 saturated heterocycles. The highest BCUT2D eigenvalue weighted by molar-refractivity contribution is 5.87. The first-order valence-electron chi connectivity index (χ1n) is 18.8. The number of hydrogen-bond donors (Lipinski definition) is 5. The first-order chi connectivity index (χ1) is 26.1. The number of aromatic nitrogens is 4. The predicted octanol–water partition coefficient (Wildman–Crippen LogP) is 9.25. The van der Waals surface area contributed by atoms with Crippen LogP contribution in [0.25, 0.3) is 44.5 Å². The molecule has 5 N–H and O–H groups in total. The lowest BCUT2D eigenvalue weighted by atomic mass is 9.98. The molecular formula is C42H40F2N7O3+. The molecule has 274 valence electrons. The highest BCUT2D eigenvalue weighted by Gasteiger charge is 2.63. The molecule has 4 aromatic carbocycles. The van der Waals surface area contributed by atoms with Crippen molar-refractivity contribution in [2.45, 2.75) is 69.1 Å². The standard InChI is InChI=1S/C42H39F2N7O3/c1-23(24-6-3-2-4-7-24)51(54,41(52)53)50-29-13-9-28(18-29)38(50)40-47-34-16-12-26(21-36(34)48-40)25-10-14-30-31-15-11-27(20-33(31)42(43,44)32(30)19-25)37-22-46-39(49-37)35-8-5-17-45-35/h2-4,6-7,10-12,14-16,19-23,28-29,35,38,45,54H,5,8-9,13,17-18H2,1H3,(H2-,46,47,48,49,52,53)/p+1/t23?,28-,29-,35?,38+,51?/m1/s1. The Morgan fingerprint density at radius 1 is 0.907 bits per heavy atom. The van der Waals surface area contributed by atoms with Gasteiger partial charge in [-0.15, -0.1) is 0 Å². The summed E-state index contributed by atoms with van der Waals surface area (Å²) >= 11 is 0. The average Bonchev–Trinajstić information content (AvgIpc) is 4.05. The van der Waals surface area contributed by atoms with Crippen LogP contribution in [0.1, 0.15) is 85.5 Å². The number of carbonyl (C=O) groups is 1. The molecule has 3 fully saturated rings. The molecule has 54 heavy (non-hydrogen) atoms. The summed E-state index contributed by atoms with van der Waals surface area (Å²) in [5.41, 5.74) is 5.86. The largest absolute Gasteiger partial charge is 0.568 e. The Bertz CT molecular complexity index is 2440. The zero-order valence-corrected chi connectivity index (χ0v) is 29.6. The monoisotopic (exact) mass is 728 g/mol. The number of piperidine rings is 1. The van der Waals surface area contributed by atoms with Crippen LogP contribution in [0.5, 0.6) is 0 Å². The smallest absolute Gasteiger partial charge is 0.432 e. The van der Waals surface area contributed by atoms with E-state index in [1.54, 1.807) is 42.4 Å². The Hall–Kier alpha value is -5.27. The van der Waals surface area contributed by atoms with Crippen molar-refractivity contribution in [1.82, 2.24) is 30.3 Å². The van der Waals surface area contributed by atoms with Gasteiger partial charge < -0.3 is 20.4 Å². The number of imidazole rings is 2. The Morgan fingerprint density at radius 2 is 1.63 bits per heavy atom. The lowest BCUT2D eigenvalue weighted by molar-refractivity contribution is -1.16. The molecule has 0 radical (unpaired) electrons. The number of carboxylic acid groups (broad SMARTS) is 1. The Balaban J connectivity index is 0.962. The fraction of sp³-hybridized carbons (Fsp3) is 0.310. The number of quaternary nitrogens is 1. The van der Waals surface area contributed by atoms with Crippen molar-refractivity contribution in [1.29, 1.82) is 0 Å². The number of hydroxylamine groups is 2. The second-order valence-corrected chi connectivity index (χ2v) is 15.4. The van der Waals surface area contributed by atoms with E-state index in [0.29, 0.717) is 50.4 Å². The van der Waals surface area contributed by atoms with Gasteiger partial charge in [-0.05, 0) is 98.0 Å². The van der Waals surface area contributed by atoms with Crippen molar-refractivity contribution in [2.75, 3.05) is 6.54 Å². The number of H-pyrrole nitrogens is 2. The summed E-state index contributed by atoms with van der Waals surface area (Å²) in [5.74, 6) is -1.67. The van der Waals surface area contributed by atoms with E-state index in [2.05, 4.69) is 20.3 Å². The molecule has 6 aromatic rings. The topological polar surface area (TPSA) is 130 Å². The van der Waals surface area contributed by atoms with Gasteiger partial charge in [0.15, 0.2) is 6.04 Å². The summed E-state index contributed by atoms with van der Waals surface area (Å²) in [6.45, 7) is 2.68. The van der Waals surface area contributed by atoms with Crippen LogP contribution in [0.15, 0.2) is 91.1 Å². The quantitative estimate of drug-likeness (QED) is 0.0630. The number of alkyl halides is 2. The minimum Gasteiger partial charge on any atom is -0.432 e. The lowest BCUT2D eigenvalue weighted by Crippen LogP contribution is -2.65. The number of nitrogens with one attached hydrogen (secondary N) is 3. The maximum absolute atomic E-state index is 16.3. The fourth-order valence-electron chi connectivity index (χ4n) is 9.65. The third-order valence-corrected chi connectivity index (χ3v) is 12.4. The van der Waals surface area contributed by atoms with Crippen molar-refractivity contribution < 1.29 is 28.6 Å². The molecule has 2 aromatic heterocycles. The van der Waals surface area contributed by atoms with Crippen LogP contribution in [-0.2, 0) is 5.92 Å². The number of hydrogen-bond acceptors (Lipinski definition) is 6. The zero-order chi connectivity index (χ0) is 36.9. The molecule has 2 bridgehead atoms. The van der Waals surface area contributed by atoms with Crippen molar-refractivity contribution in [2.24, 2.45) is 5.92 Å². The SMILES string of the molecule is CC(c1ccccc1)[N+](O)(C(=O)O)N1[C@@H]2CC[C@H](C2)[C@H]1c1nc2ccc(-c3ccc4c(c3)C(F)(F)c3cc(-c5cnc(C6CCCN6)[nH]5)ccc3-4)cc2[nH]1. The summed E-state index contributed by atoms with van der Waals surface area (Å²) in [7, 11) is 0. The third-order valence-electron chi connectivity index (χ3n) is 12.4. The van der Waals surface area contributed by atoms with Crippen LogP contribution >= 0.6 is 0 Å². The Morgan fingerprint density at radius 3 is 2.37 bits per heavy atom. The van der Waals surface area contributed by atoms with Gasteiger partial charge in [0.05, 0.1) is 35.0 Å². The molecule has 4 aliphatic rings. The van der Waals surface area contributed by atoms with Gasteiger partial charge in [0.25, 0.3) is 5.92 Å². The zero-order valence-electron chi connectivity index (χ0n) is 29.6. The minimum absolute atomic E-state index is 0.0207. The molecule has 2 aliphatic carbocycles. The third kappa shape index (κ3) is 4.93. The normalized spacial score (nSPS) is 24.4. The van der Waals surface area contributed by atoms with Crippen LogP contribution < -0.4 is 5.32 Å². The second kappa shape index (κ2) is 12.1. The number of fused-ring (bicyclic) bond motifs is 6. The number of benzene rings is 4. The van der Waals surface area contributed by atoms with Crippen molar-refractivity contribution >= 4 is 17.1 Å². The highest BCUT2D eigenvalue weighted by Crippen LogP contribution is 2.55. The van der Waals surface area contributed by atoms with E-state index < -0.39 is 28.9 Å². The predicted molar refractivity (Wildman–Crippen MR) is 198 cm³/mol. The van der Waals surface area contributed by atoms with Gasteiger partial charge in [-0.25, -0.2) is 9.97 Å². The lowest BCUT2D eigenvalue weighted by Gasteiger charge is -2.43. The van der Waals surface area contributed by atoms with Gasteiger partial charge >= 0.3 is 6.09 Å². The number of nitrogens with zero attached hydrogens (tertiary/aromatic N) is 4. The van der Waals surface area contributed by atoms with Crippen LogP contribution in [-0.4, -0.2) is 58.7 Å². The molecule has 1 amide bonds. The maximum atomic E-state index is 16.3. The first kappa shape index (κ1) is 33.3. The van der Waals surface area contributed by atoms with Crippen LogP contribution in [0, 0.1) is 5.92 Å². The van der Waals surface area contributed by atoms with Crippen LogP contribution in [0.2, 0.25) is 0 Å². The van der Waals surface area contributed by atoms with Crippen LogP contribution in [0.3, 0.4) is 0 Å². The van der Waals surface area contributed by atoms with Gasteiger partial charge in [0.2, 0.25) is 0 Å². The minimum atomic E-state index is -3.20. The van der Waals surface area contributed by atoms with E-state index in [9.17, 15) is 15.1 Å². The van der Waals surface area contributed by atoms with E-state index >= 15 is 8.78 Å². The Labute approximate surface area is 310 Å². The number of amides is 1. The summed E-state index contributed by atoms with van der Waals surface area (Å²) in [5, 5.41) is 27.8. The van der Waals surface area contributed by atoms with Gasteiger partial charge in [-0.2, -0.15) is 18.8 Å². The summed E-state index contributed by atoms with van der Waals surface area (Å²) in [6.07, 6.45) is 4.90. The molecular weight excluding hydrogens is 689 g/mol. The molecule has 0 spiro atoms. The van der Waals surface area contributed by atoms with E-state index in [1.165, 1.54) is 0 Å². The van der Waals surface area contributed by atoms with E-state index in [-0.39, 0.29) is 29.1 Å². The van der Waals surface area contributed by atoms with Gasteiger partial charge in [0.1, 0.15) is 17.7 Å². The maximum Gasteiger partial charge on any atom is 0.568 e. The molecule has 12 heteroatoms. The number of rotatable bonds is 7. The molecule has 3 unspecified atom stereocenters. The summed E-state index contributed by atoms with van der Waals surface area (Å²) in [6, 6.07) is 24.1. The highest BCUT2D eigenvalue weighted by atomic mass is 19.3. The van der Waals surface area contributed by atoms with Gasteiger partial charge in [-0.1, -0.05) is 65.7 Å². The van der Waals surface area contributed by atoms with Crippen LogP contribution in [0.4, 0.5) is 13.6 Å². The molecule has 1 saturated carbocycles. The molecule has 6 atom stereocenters. The molecule has 10 rings (SSSR count). The Kier molecular flexibility index (Phi) is 7.48. The first-order valence-corrected chi connectivity index (χ1v) is 18.8. The summed E-state index contributed by atoms with van der Waals surface area (Å²) < 4.78 is 31.3. The van der Waals surface area contributed by atoms with Crippen molar-refractivity contribution in [3.63, 3.8) is 0 Å². The average molecular weight is 729 g/mol. The fourth-order valence-corrected chi connectivity index (χ4v) is 9.65. The number of aromatic amines is 2. The molecule has 4 heterocycles. The van der Waals surface area contributed by atoms with E-state index in [4.69, 9.17) is 4.98 Å². The van der Waals surface area contributed by atoms with E-state index in [1.807, 2.05) is 60.7 Å².